The predicted octanol–water partition coefficient (Wildman–Crippen LogP) is 1.53. The van der Waals surface area contributed by atoms with Gasteiger partial charge in [0.25, 0.3) is 0 Å². The Kier molecular flexibility index (Phi) is 2.52. The first-order valence-electron chi connectivity index (χ1n) is 6.70. The molecule has 0 aromatic carbocycles. The van der Waals surface area contributed by atoms with Gasteiger partial charge in [0.05, 0.1) is 5.60 Å². The fourth-order valence-electron chi connectivity index (χ4n) is 3.70. The van der Waals surface area contributed by atoms with E-state index < -0.39 is 5.60 Å². The molecule has 3 rings (SSSR count). The van der Waals surface area contributed by atoms with Crippen LogP contribution in [0.5, 0.6) is 0 Å². The van der Waals surface area contributed by atoms with E-state index in [1.165, 1.54) is 0 Å². The van der Waals surface area contributed by atoms with Gasteiger partial charge >= 0.3 is 5.97 Å². The van der Waals surface area contributed by atoms with Gasteiger partial charge in [0.2, 0.25) is 0 Å². The fraction of sp³-hybridized carbons (Fsp3) is 0.600. The summed E-state index contributed by atoms with van der Waals surface area (Å²) in [5.74, 6) is -0.385. The molecule has 2 aliphatic carbocycles. The highest BCUT2D eigenvalue weighted by atomic mass is 16.6. The normalized spacial score (nSPS) is 42.1. The minimum atomic E-state index is -1.08. The average Bonchev–Trinajstić information content (AvgIpc) is 2.61. The van der Waals surface area contributed by atoms with Crippen molar-refractivity contribution in [2.45, 2.75) is 44.8 Å². The second-order valence-electron chi connectivity index (χ2n) is 6.18. The van der Waals surface area contributed by atoms with Crippen LogP contribution in [0.25, 0.3) is 0 Å². The summed E-state index contributed by atoms with van der Waals surface area (Å²) in [5, 5.41) is 10.4. The highest BCUT2D eigenvalue weighted by Gasteiger charge is 2.49. The van der Waals surface area contributed by atoms with Crippen molar-refractivity contribution in [1.82, 2.24) is 0 Å². The summed E-state index contributed by atoms with van der Waals surface area (Å²) in [6.07, 6.45) is 1.09. The minimum Gasteiger partial charge on any atom is -0.458 e. The summed E-state index contributed by atoms with van der Waals surface area (Å²) in [6.45, 7) is 7.45. The number of aliphatic hydroxyl groups is 1. The van der Waals surface area contributed by atoms with Gasteiger partial charge in [-0.05, 0) is 31.3 Å². The Bertz CT molecular complexity index is 526. The summed E-state index contributed by atoms with van der Waals surface area (Å²) in [4.78, 5) is 23.7. The predicted molar refractivity (Wildman–Crippen MR) is 68.2 cm³/mol. The van der Waals surface area contributed by atoms with E-state index in [0.717, 1.165) is 11.1 Å². The van der Waals surface area contributed by atoms with E-state index in [1.807, 2.05) is 6.92 Å². The maximum atomic E-state index is 12.1. The molecule has 4 heteroatoms. The molecule has 1 heterocycles. The molecule has 4 atom stereocenters. The Labute approximate surface area is 112 Å². The van der Waals surface area contributed by atoms with Crippen LogP contribution in [0.2, 0.25) is 0 Å². The summed E-state index contributed by atoms with van der Waals surface area (Å²) in [6, 6.07) is 0. The smallest absolute Gasteiger partial charge is 0.334 e. The molecule has 19 heavy (non-hydrogen) atoms. The van der Waals surface area contributed by atoms with E-state index in [-0.39, 0.29) is 36.1 Å². The quantitative estimate of drug-likeness (QED) is 0.531. The fourth-order valence-corrected chi connectivity index (χ4v) is 3.70. The van der Waals surface area contributed by atoms with Crippen molar-refractivity contribution < 1.29 is 19.4 Å². The first-order chi connectivity index (χ1) is 8.81. The largest absolute Gasteiger partial charge is 0.458 e. The van der Waals surface area contributed by atoms with Crippen molar-refractivity contribution in [3.8, 4) is 0 Å². The molecule has 0 bridgehead atoms. The van der Waals surface area contributed by atoms with Crippen molar-refractivity contribution in [1.29, 1.82) is 0 Å². The third-order valence-corrected chi connectivity index (χ3v) is 4.70. The van der Waals surface area contributed by atoms with Gasteiger partial charge in [0.15, 0.2) is 5.78 Å². The van der Waals surface area contributed by atoms with Crippen LogP contribution in [0.1, 0.15) is 33.1 Å². The van der Waals surface area contributed by atoms with E-state index in [1.54, 1.807) is 6.92 Å². The number of carbonyl (C=O) groups excluding carboxylic acids is 2. The van der Waals surface area contributed by atoms with E-state index in [0.29, 0.717) is 18.4 Å². The van der Waals surface area contributed by atoms with E-state index in [2.05, 4.69) is 6.58 Å². The Hall–Kier alpha value is -1.42. The van der Waals surface area contributed by atoms with Gasteiger partial charge in [-0.25, -0.2) is 4.79 Å². The number of carbonyl (C=O) groups is 2. The van der Waals surface area contributed by atoms with E-state index >= 15 is 0 Å². The highest BCUT2D eigenvalue weighted by molar-refractivity contribution is 6.01. The molecule has 102 valence electrons. The zero-order chi connectivity index (χ0) is 13.9. The monoisotopic (exact) mass is 262 g/mol. The van der Waals surface area contributed by atoms with Gasteiger partial charge in [0.1, 0.15) is 6.10 Å². The molecule has 0 aromatic rings. The van der Waals surface area contributed by atoms with Gasteiger partial charge in [-0.2, -0.15) is 0 Å². The zero-order valence-corrected chi connectivity index (χ0v) is 11.2. The molecule has 0 amide bonds. The summed E-state index contributed by atoms with van der Waals surface area (Å²) in [7, 11) is 0. The van der Waals surface area contributed by atoms with Gasteiger partial charge in [-0.15, -0.1) is 0 Å². The lowest BCUT2D eigenvalue weighted by Crippen LogP contribution is -2.27. The lowest BCUT2D eigenvalue weighted by molar-refractivity contribution is -0.139. The Morgan fingerprint density at radius 1 is 1.42 bits per heavy atom. The third-order valence-electron chi connectivity index (χ3n) is 4.70. The molecule has 0 radical (unpaired) electrons. The van der Waals surface area contributed by atoms with Crippen LogP contribution in [-0.4, -0.2) is 28.6 Å². The molecule has 0 aromatic heterocycles. The number of fused-ring (bicyclic) bond motifs is 1. The maximum absolute atomic E-state index is 12.1. The molecule has 1 saturated heterocycles. The van der Waals surface area contributed by atoms with Gasteiger partial charge in [0, 0.05) is 23.5 Å². The van der Waals surface area contributed by atoms with Crippen molar-refractivity contribution >= 4 is 11.8 Å². The Morgan fingerprint density at radius 2 is 2.11 bits per heavy atom. The van der Waals surface area contributed by atoms with Crippen LogP contribution < -0.4 is 0 Å². The first-order valence-corrected chi connectivity index (χ1v) is 6.70. The third kappa shape index (κ3) is 1.70. The van der Waals surface area contributed by atoms with Crippen LogP contribution in [0.3, 0.4) is 0 Å². The molecule has 1 N–H and O–H groups in total. The summed E-state index contributed by atoms with van der Waals surface area (Å²) in [5.41, 5.74) is 0.933. The molecule has 1 aliphatic heterocycles. The van der Waals surface area contributed by atoms with Crippen LogP contribution in [0.15, 0.2) is 23.3 Å². The van der Waals surface area contributed by atoms with Gasteiger partial charge in [-0.3, -0.25) is 4.79 Å². The van der Waals surface area contributed by atoms with Crippen LogP contribution >= 0.6 is 0 Å². The molecule has 0 unspecified atom stereocenters. The highest BCUT2D eigenvalue weighted by Crippen LogP contribution is 2.48. The standard InChI is InChI=1S/C15H18O4/c1-7-4-12-9(8(2)14(17)19-12)5-10-13(7)11(16)6-15(10,3)18/h7,9,12,18H,2,4-6H2,1,3H3/t7-,9+,12-,15-/m1/s1. The van der Waals surface area contributed by atoms with E-state index in [4.69, 9.17) is 4.74 Å². The molecular weight excluding hydrogens is 244 g/mol. The zero-order valence-electron chi connectivity index (χ0n) is 11.2. The lowest BCUT2D eigenvalue weighted by atomic mass is 9.85. The van der Waals surface area contributed by atoms with Gasteiger partial charge in [-0.1, -0.05) is 13.5 Å². The van der Waals surface area contributed by atoms with Crippen molar-refractivity contribution in [2.75, 3.05) is 0 Å². The average molecular weight is 262 g/mol. The first kappa shape index (κ1) is 12.6. The van der Waals surface area contributed by atoms with Crippen LogP contribution in [0, 0.1) is 11.8 Å². The number of ether oxygens (including phenoxy) is 1. The second-order valence-corrected chi connectivity index (χ2v) is 6.18. The van der Waals surface area contributed by atoms with Crippen LogP contribution in [-0.2, 0) is 14.3 Å². The molecule has 0 spiro atoms. The number of hydrogen-bond acceptors (Lipinski definition) is 4. The molecule has 0 saturated carbocycles. The number of rotatable bonds is 0. The summed E-state index contributed by atoms with van der Waals surface area (Å²) < 4.78 is 5.34. The Balaban J connectivity index is 2.05. The van der Waals surface area contributed by atoms with Crippen molar-refractivity contribution in [3.05, 3.63) is 23.3 Å². The topological polar surface area (TPSA) is 63.6 Å². The number of allylic oxidation sites excluding steroid dienone is 1. The summed E-state index contributed by atoms with van der Waals surface area (Å²) >= 11 is 0. The lowest BCUT2D eigenvalue weighted by Gasteiger charge is -2.23. The molecule has 3 aliphatic rings. The Morgan fingerprint density at radius 3 is 2.79 bits per heavy atom. The SMILES string of the molecule is C=C1C(=O)O[C@@H]2C[C@@H](C)C3=C(C[C@@H]12)[C@](C)(O)CC3=O. The molecule has 4 nitrogen and oxygen atoms in total. The second kappa shape index (κ2) is 3.79. The minimum absolute atomic E-state index is 0.0187. The van der Waals surface area contributed by atoms with E-state index in [9.17, 15) is 14.7 Å². The maximum Gasteiger partial charge on any atom is 0.334 e. The number of esters is 1. The van der Waals surface area contributed by atoms with Gasteiger partial charge < -0.3 is 9.84 Å². The number of Topliss-reactive ketones (excluding diaryl/α,β-unsaturated/α-hetero) is 1. The number of ketones is 1. The number of hydrogen-bond donors (Lipinski definition) is 1. The van der Waals surface area contributed by atoms with Crippen molar-refractivity contribution in [3.63, 3.8) is 0 Å². The molecule has 1 fully saturated rings. The van der Waals surface area contributed by atoms with Crippen molar-refractivity contribution in [2.24, 2.45) is 11.8 Å². The van der Waals surface area contributed by atoms with Crippen LogP contribution in [0.4, 0.5) is 0 Å². The molecular formula is C15H18O4.